The van der Waals surface area contributed by atoms with Crippen LogP contribution in [-0.2, 0) is 14.3 Å². The maximum Gasteiger partial charge on any atom is 0.158 e. The van der Waals surface area contributed by atoms with E-state index >= 15 is 0 Å². The Morgan fingerprint density at radius 3 is 2.52 bits per heavy atom. The monoisotopic (exact) mass is 479 g/mol. The van der Waals surface area contributed by atoms with Gasteiger partial charge < -0.3 is 19.3 Å². The molecule has 1 fully saturated rings. The summed E-state index contributed by atoms with van der Waals surface area (Å²) in [5.74, 6) is 2.10. The van der Waals surface area contributed by atoms with Gasteiger partial charge in [-0.2, -0.15) is 0 Å². The van der Waals surface area contributed by atoms with Gasteiger partial charge in [0, 0.05) is 25.6 Å². The van der Waals surface area contributed by atoms with Crippen LogP contribution in [0.1, 0.15) is 45.8 Å². The van der Waals surface area contributed by atoms with E-state index in [-0.39, 0.29) is 0 Å². The molecule has 0 radical (unpaired) electrons. The number of ether oxygens (including phenoxy) is 1. The minimum atomic E-state index is 0.482. The fourth-order valence-electron chi connectivity index (χ4n) is 2.72. The van der Waals surface area contributed by atoms with E-state index in [0.29, 0.717) is 28.8 Å². The molecule has 0 unspecified atom stereocenters. The number of hydrogen-bond acceptors (Lipinski definition) is 8. The highest BCUT2D eigenvalue weighted by molar-refractivity contribution is 8.04. The SMILES string of the molecule is C/C=C\CCN(CC)CC=O.C=N/C(=C(/C=O)SCNC)c1ccco1.CC1CCOCC1. The fraction of sp³-hybridized carbons (Fsp3) is 0.560. The summed E-state index contributed by atoms with van der Waals surface area (Å²) in [5, 5.41) is 2.93. The van der Waals surface area contributed by atoms with Crippen molar-refractivity contribution < 1.29 is 18.7 Å². The van der Waals surface area contributed by atoms with E-state index in [9.17, 15) is 9.59 Å². The number of likely N-dealkylation sites (N-methyl/N-ethyl adjacent to an activating group) is 1. The van der Waals surface area contributed by atoms with Crippen molar-refractivity contribution in [3.8, 4) is 0 Å². The Bertz CT molecular complexity index is 684. The van der Waals surface area contributed by atoms with Gasteiger partial charge in [0.1, 0.15) is 12.0 Å². The molecule has 1 aliphatic rings. The van der Waals surface area contributed by atoms with Crippen LogP contribution in [0.5, 0.6) is 0 Å². The summed E-state index contributed by atoms with van der Waals surface area (Å²) in [6.07, 6.45) is 11.0. The summed E-state index contributed by atoms with van der Waals surface area (Å²) in [6.45, 7) is 14.3. The van der Waals surface area contributed by atoms with Gasteiger partial charge in [0.25, 0.3) is 0 Å². The number of allylic oxidation sites excluding steroid dienone is 2. The number of aldehydes is 2. The molecule has 1 aromatic heterocycles. The molecule has 0 saturated carbocycles. The quantitative estimate of drug-likeness (QED) is 0.153. The second-order valence-electron chi connectivity index (χ2n) is 7.32. The van der Waals surface area contributed by atoms with Gasteiger partial charge in [-0.3, -0.25) is 14.7 Å². The molecule has 0 bridgehead atoms. The summed E-state index contributed by atoms with van der Waals surface area (Å²) in [6, 6.07) is 3.49. The molecule has 1 saturated heterocycles. The van der Waals surface area contributed by atoms with Crippen molar-refractivity contribution in [1.29, 1.82) is 0 Å². The van der Waals surface area contributed by atoms with E-state index in [1.54, 1.807) is 12.1 Å². The highest BCUT2D eigenvalue weighted by Crippen LogP contribution is 2.26. The van der Waals surface area contributed by atoms with E-state index in [1.165, 1.54) is 30.9 Å². The van der Waals surface area contributed by atoms with Gasteiger partial charge in [-0.25, -0.2) is 0 Å². The highest BCUT2D eigenvalue weighted by Gasteiger charge is 2.10. The Labute approximate surface area is 203 Å². The Kier molecular flexibility index (Phi) is 20.5. The van der Waals surface area contributed by atoms with Crippen LogP contribution in [0.25, 0.3) is 5.70 Å². The fourth-order valence-corrected chi connectivity index (χ4v) is 3.39. The number of nitrogens with zero attached hydrogens (tertiary/aromatic N) is 2. The van der Waals surface area contributed by atoms with Crippen LogP contribution >= 0.6 is 11.8 Å². The molecule has 1 N–H and O–H groups in total. The lowest BCUT2D eigenvalue weighted by molar-refractivity contribution is -0.108. The van der Waals surface area contributed by atoms with Crippen LogP contribution in [0.4, 0.5) is 0 Å². The molecule has 33 heavy (non-hydrogen) atoms. The number of carbonyl (C=O) groups excluding carboxylic acids is 2. The molecule has 1 aliphatic heterocycles. The Hall–Kier alpha value is -2.00. The normalized spacial score (nSPS) is 14.6. The first-order valence-electron chi connectivity index (χ1n) is 11.4. The zero-order valence-electron chi connectivity index (χ0n) is 20.6. The first-order chi connectivity index (χ1) is 16.1. The molecule has 0 atom stereocenters. The summed E-state index contributed by atoms with van der Waals surface area (Å²) in [7, 11) is 1.81. The van der Waals surface area contributed by atoms with Gasteiger partial charge >= 0.3 is 0 Å². The lowest BCUT2D eigenvalue weighted by Crippen LogP contribution is -2.26. The standard InChI is InChI=1S/C10H12N2O2S.C9H17NO.C6H12O/c1-11-7-15-9(6-13)10(12-2)8-4-3-5-14-8;1-3-5-6-7-10(4-2)8-9-11;1-6-2-4-7-5-3-6/h3-6,11H,2,7H2,1H3;3,5,9H,4,6-8H2,1-2H3;6H,2-5H2,1H3/b10-9-;5-3-;. The van der Waals surface area contributed by atoms with E-state index in [4.69, 9.17) is 9.15 Å². The van der Waals surface area contributed by atoms with E-state index < -0.39 is 0 Å². The van der Waals surface area contributed by atoms with Crippen LogP contribution in [-0.4, -0.2) is 70.0 Å². The van der Waals surface area contributed by atoms with E-state index in [2.05, 4.69) is 41.9 Å². The minimum Gasteiger partial charge on any atom is -0.463 e. The topological polar surface area (TPSA) is 84.1 Å². The number of rotatable bonds is 12. The molecule has 8 heteroatoms. The molecule has 186 valence electrons. The summed E-state index contributed by atoms with van der Waals surface area (Å²) >= 11 is 1.36. The molecule has 2 rings (SSSR count). The van der Waals surface area contributed by atoms with Gasteiger partial charge in [0.05, 0.1) is 17.7 Å². The van der Waals surface area contributed by atoms with Gasteiger partial charge in [-0.05, 0) is 64.5 Å². The molecule has 1 aromatic rings. The number of thioether (sulfide) groups is 1. The first kappa shape index (κ1) is 31.0. The highest BCUT2D eigenvalue weighted by atomic mass is 32.2. The van der Waals surface area contributed by atoms with Gasteiger partial charge in [0.2, 0.25) is 0 Å². The number of hydrogen-bond donors (Lipinski definition) is 1. The molecule has 0 amide bonds. The zero-order chi connectivity index (χ0) is 24.7. The largest absolute Gasteiger partial charge is 0.463 e. The molecule has 2 heterocycles. The van der Waals surface area contributed by atoms with Crippen molar-refractivity contribution >= 4 is 36.7 Å². The molecule has 0 aromatic carbocycles. The van der Waals surface area contributed by atoms with Crippen LogP contribution in [0.3, 0.4) is 0 Å². The van der Waals surface area contributed by atoms with E-state index in [0.717, 1.165) is 51.2 Å². The molecule has 7 nitrogen and oxygen atoms in total. The third-order valence-electron chi connectivity index (χ3n) is 4.76. The Balaban J connectivity index is 0.000000498. The number of carbonyl (C=O) groups is 2. The number of aliphatic imine (C=N–C) groups is 1. The zero-order valence-corrected chi connectivity index (χ0v) is 21.4. The predicted octanol–water partition coefficient (Wildman–Crippen LogP) is 4.66. The first-order valence-corrected chi connectivity index (χ1v) is 12.4. The number of nitrogens with one attached hydrogen (secondary N) is 1. The van der Waals surface area contributed by atoms with Crippen molar-refractivity contribution in [3.05, 3.63) is 41.2 Å². The van der Waals surface area contributed by atoms with Crippen molar-refractivity contribution in [3.63, 3.8) is 0 Å². The second-order valence-corrected chi connectivity index (χ2v) is 8.34. The van der Waals surface area contributed by atoms with Crippen molar-refractivity contribution in [2.24, 2.45) is 10.9 Å². The predicted molar refractivity (Wildman–Crippen MR) is 140 cm³/mol. The Morgan fingerprint density at radius 1 is 1.36 bits per heavy atom. The lowest BCUT2D eigenvalue weighted by Gasteiger charge is -2.16. The van der Waals surface area contributed by atoms with Crippen molar-refractivity contribution in [1.82, 2.24) is 10.2 Å². The van der Waals surface area contributed by atoms with Crippen LogP contribution in [0, 0.1) is 5.92 Å². The van der Waals surface area contributed by atoms with Crippen LogP contribution in [0.15, 0.2) is 44.9 Å². The third kappa shape index (κ3) is 15.5. The van der Waals surface area contributed by atoms with Crippen LogP contribution in [0.2, 0.25) is 0 Å². The van der Waals surface area contributed by atoms with Crippen molar-refractivity contribution in [2.75, 3.05) is 45.8 Å². The summed E-state index contributed by atoms with van der Waals surface area (Å²) < 4.78 is 10.3. The maximum atomic E-state index is 10.9. The lowest BCUT2D eigenvalue weighted by atomic mass is 10.0. The average Bonchev–Trinajstić information content (AvgIpc) is 3.37. The second kappa shape index (κ2) is 21.8. The number of furan rings is 1. The van der Waals surface area contributed by atoms with Gasteiger partial charge in [-0.1, -0.05) is 26.0 Å². The van der Waals surface area contributed by atoms with E-state index in [1.807, 2.05) is 20.0 Å². The summed E-state index contributed by atoms with van der Waals surface area (Å²) in [4.78, 5) is 27.5. The Morgan fingerprint density at radius 2 is 2.09 bits per heavy atom. The molecular weight excluding hydrogens is 438 g/mol. The van der Waals surface area contributed by atoms with Gasteiger partial charge in [-0.15, -0.1) is 11.8 Å². The maximum absolute atomic E-state index is 10.9. The molecular formula is C25H41N3O4S. The summed E-state index contributed by atoms with van der Waals surface area (Å²) in [5.41, 5.74) is 0.482. The minimum absolute atomic E-state index is 0.482. The molecule has 0 spiro atoms. The smallest absolute Gasteiger partial charge is 0.158 e. The molecule has 0 aliphatic carbocycles. The third-order valence-corrected chi connectivity index (χ3v) is 5.80. The van der Waals surface area contributed by atoms with Gasteiger partial charge in [0.15, 0.2) is 12.0 Å². The average molecular weight is 480 g/mol. The van der Waals surface area contributed by atoms with Crippen molar-refractivity contribution in [2.45, 2.75) is 40.0 Å². The van der Waals surface area contributed by atoms with Crippen LogP contribution < -0.4 is 5.32 Å².